The zero-order valence-corrected chi connectivity index (χ0v) is 15.1. The van der Waals surface area contributed by atoms with Crippen LogP contribution in [0.15, 0.2) is 35.9 Å². The molecule has 0 bridgehead atoms. The zero-order valence-electron chi connectivity index (χ0n) is 15.1. The first kappa shape index (κ1) is 16.6. The Bertz CT molecular complexity index is 639. The van der Waals surface area contributed by atoms with Gasteiger partial charge < -0.3 is 15.5 Å². The highest BCUT2D eigenvalue weighted by Crippen LogP contribution is 2.48. The van der Waals surface area contributed by atoms with E-state index >= 15 is 0 Å². The number of nitrogens with zero attached hydrogens (tertiary/aromatic N) is 1. The molecule has 1 aromatic carbocycles. The van der Waals surface area contributed by atoms with E-state index in [1.807, 2.05) is 24.3 Å². The number of likely N-dealkylation sites (tertiary alicyclic amines) is 1. The van der Waals surface area contributed by atoms with Gasteiger partial charge in [-0.3, -0.25) is 4.79 Å². The third-order valence-electron chi connectivity index (χ3n) is 5.66. The minimum Gasteiger partial charge on any atom is -0.381 e. The van der Waals surface area contributed by atoms with Crippen LogP contribution in [0.4, 0.5) is 11.4 Å². The number of nitrogens with one attached hydrogen (secondary N) is 2. The van der Waals surface area contributed by atoms with Crippen molar-refractivity contribution in [2.75, 3.05) is 30.8 Å². The number of rotatable bonds is 6. The summed E-state index contributed by atoms with van der Waals surface area (Å²) >= 11 is 0. The average molecular weight is 339 g/mol. The number of hydrogen-bond donors (Lipinski definition) is 2. The van der Waals surface area contributed by atoms with Gasteiger partial charge in [-0.1, -0.05) is 17.7 Å². The van der Waals surface area contributed by atoms with Crippen molar-refractivity contribution in [1.82, 2.24) is 4.90 Å². The SMILES string of the molecule is CN1CCC(Nc2ccccc2NC(=O)C=C(C2CC2)C2CC2)CC1. The second kappa shape index (κ2) is 7.20. The molecule has 0 aromatic heterocycles. The number of allylic oxidation sites excluding steroid dienone is 1. The van der Waals surface area contributed by atoms with Crippen molar-refractivity contribution >= 4 is 17.3 Å². The van der Waals surface area contributed by atoms with Crippen molar-refractivity contribution in [2.45, 2.75) is 44.6 Å². The van der Waals surface area contributed by atoms with E-state index in [2.05, 4.69) is 28.6 Å². The van der Waals surface area contributed by atoms with E-state index in [0.29, 0.717) is 17.9 Å². The Morgan fingerprint density at radius 2 is 1.60 bits per heavy atom. The number of piperidine rings is 1. The molecule has 2 aliphatic carbocycles. The van der Waals surface area contributed by atoms with Crippen LogP contribution in [0.5, 0.6) is 0 Å². The van der Waals surface area contributed by atoms with Crippen LogP contribution >= 0.6 is 0 Å². The highest BCUT2D eigenvalue weighted by atomic mass is 16.1. The van der Waals surface area contributed by atoms with Gasteiger partial charge in [0.1, 0.15) is 0 Å². The fourth-order valence-electron chi connectivity index (χ4n) is 3.81. The Labute approximate surface area is 150 Å². The number of para-hydroxylation sites is 2. The second-order valence-corrected chi connectivity index (χ2v) is 7.95. The average Bonchev–Trinajstić information content (AvgIpc) is 3.49. The van der Waals surface area contributed by atoms with Crippen molar-refractivity contribution in [3.63, 3.8) is 0 Å². The molecule has 2 N–H and O–H groups in total. The zero-order chi connectivity index (χ0) is 17.2. The number of amides is 1. The van der Waals surface area contributed by atoms with E-state index in [1.54, 1.807) is 0 Å². The molecule has 0 spiro atoms. The molecule has 1 aliphatic heterocycles. The predicted octanol–water partition coefficient (Wildman–Crippen LogP) is 3.88. The van der Waals surface area contributed by atoms with E-state index in [0.717, 1.165) is 37.3 Å². The van der Waals surface area contributed by atoms with Gasteiger partial charge >= 0.3 is 0 Å². The molecule has 4 nitrogen and oxygen atoms in total. The highest BCUT2D eigenvalue weighted by Gasteiger charge is 2.36. The van der Waals surface area contributed by atoms with Gasteiger partial charge in [0, 0.05) is 12.1 Å². The van der Waals surface area contributed by atoms with Gasteiger partial charge in [0.2, 0.25) is 5.91 Å². The Morgan fingerprint density at radius 1 is 1.00 bits per heavy atom. The fourth-order valence-corrected chi connectivity index (χ4v) is 3.81. The Balaban J connectivity index is 1.41. The van der Waals surface area contributed by atoms with Crippen molar-refractivity contribution in [3.8, 4) is 0 Å². The van der Waals surface area contributed by atoms with Gasteiger partial charge in [0.15, 0.2) is 0 Å². The molecular formula is C21H29N3O. The third kappa shape index (κ3) is 4.43. The molecule has 1 saturated heterocycles. The van der Waals surface area contributed by atoms with E-state index in [-0.39, 0.29) is 5.91 Å². The Hall–Kier alpha value is -1.81. The molecule has 2 saturated carbocycles. The van der Waals surface area contributed by atoms with Crippen molar-refractivity contribution < 1.29 is 4.79 Å². The summed E-state index contributed by atoms with van der Waals surface area (Å²) in [6.45, 7) is 2.25. The third-order valence-corrected chi connectivity index (χ3v) is 5.66. The lowest BCUT2D eigenvalue weighted by molar-refractivity contribution is -0.112. The van der Waals surface area contributed by atoms with Crippen LogP contribution in [-0.4, -0.2) is 37.0 Å². The lowest BCUT2D eigenvalue weighted by Crippen LogP contribution is -2.36. The first-order valence-corrected chi connectivity index (χ1v) is 9.75. The fraction of sp³-hybridized carbons (Fsp3) is 0.571. The summed E-state index contributed by atoms with van der Waals surface area (Å²) in [5.74, 6) is 1.41. The van der Waals surface area contributed by atoms with E-state index in [9.17, 15) is 4.79 Å². The van der Waals surface area contributed by atoms with Gasteiger partial charge in [0.25, 0.3) is 0 Å². The molecule has 4 heteroatoms. The molecule has 1 aromatic rings. The molecule has 0 radical (unpaired) electrons. The predicted molar refractivity (Wildman–Crippen MR) is 103 cm³/mol. The maximum Gasteiger partial charge on any atom is 0.248 e. The van der Waals surface area contributed by atoms with E-state index in [1.165, 1.54) is 31.3 Å². The van der Waals surface area contributed by atoms with Crippen LogP contribution < -0.4 is 10.6 Å². The monoisotopic (exact) mass is 339 g/mol. The lowest BCUT2D eigenvalue weighted by Gasteiger charge is -2.30. The number of benzene rings is 1. The van der Waals surface area contributed by atoms with Gasteiger partial charge in [-0.25, -0.2) is 0 Å². The Kier molecular flexibility index (Phi) is 4.80. The maximum atomic E-state index is 12.6. The van der Waals surface area contributed by atoms with Crippen LogP contribution in [0.2, 0.25) is 0 Å². The van der Waals surface area contributed by atoms with Gasteiger partial charge in [-0.2, -0.15) is 0 Å². The van der Waals surface area contributed by atoms with Crippen LogP contribution in [0, 0.1) is 11.8 Å². The molecule has 3 aliphatic rings. The topological polar surface area (TPSA) is 44.4 Å². The summed E-state index contributed by atoms with van der Waals surface area (Å²) in [6, 6.07) is 8.57. The van der Waals surface area contributed by atoms with Crippen molar-refractivity contribution in [1.29, 1.82) is 0 Å². The standard InChI is InChI=1S/C21H29N3O/c1-24-12-10-17(11-13-24)22-19-4-2-3-5-20(19)23-21(25)14-18(15-6-7-15)16-8-9-16/h2-5,14-17,22H,6-13H2,1H3,(H,23,25). The molecule has 4 rings (SSSR count). The van der Waals surface area contributed by atoms with Crippen molar-refractivity contribution in [2.24, 2.45) is 11.8 Å². The van der Waals surface area contributed by atoms with Gasteiger partial charge in [0.05, 0.1) is 11.4 Å². The van der Waals surface area contributed by atoms with E-state index in [4.69, 9.17) is 0 Å². The molecule has 1 heterocycles. The largest absolute Gasteiger partial charge is 0.381 e. The summed E-state index contributed by atoms with van der Waals surface area (Å²) in [5.41, 5.74) is 3.34. The molecular weight excluding hydrogens is 310 g/mol. The highest BCUT2D eigenvalue weighted by molar-refractivity contribution is 6.02. The summed E-state index contributed by atoms with van der Waals surface area (Å²) in [4.78, 5) is 14.9. The number of anilines is 2. The molecule has 25 heavy (non-hydrogen) atoms. The number of hydrogen-bond acceptors (Lipinski definition) is 3. The molecule has 0 atom stereocenters. The van der Waals surface area contributed by atoms with Crippen LogP contribution in [0.25, 0.3) is 0 Å². The quantitative estimate of drug-likeness (QED) is 0.773. The Morgan fingerprint density at radius 3 is 2.20 bits per heavy atom. The second-order valence-electron chi connectivity index (χ2n) is 7.95. The molecule has 3 fully saturated rings. The first-order chi connectivity index (χ1) is 12.2. The number of carbonyl (C=O) groups excluding carboxylic acids is 1. The van der Waals surface area contributed by atoms with Crippen molar-refractivity contribution in [3.05, 3.63) is 35.9 Å². The molecule has 0 unspecified atom stereocenters. The van der Waals surface area contributed by atoms with Crippen LogP contribution in [0.3, 0.4) is 0 Å². The minimum atomic E-state index is 0.0337. The normalized spacial score (nSPS) is 21.6. The van der Waals surface area contributed by atoms with Gasteiger partial charge in [-0.05, 0) is 82.6 Å². The summed E-state index contributed by atoms with van der Waals surface area (Å²) in [7, 11) is 2.17. The minimum absolute atomic E-state index is 0.0337. The van der Waals surface area contributed by atoms with Crippen LogP contribution in [0.1, 0.15) is 38.5 Å². The molecule has 1 amide bonds. The molecule has 134 valence electrons. The number of carbonyl (C=O) groups is 1. The summed E-state index contributed by atoms with van der Waals surface area (Å²) in [6.07, 6.45) is 9.25. The maximum absolute atomic E-state index is 12.6. The van der Waals surface area contributed by atoms with Gasteiger partial charge in [-0.15, -0.1) is 0 Å². The summed E-state index contributed by atoms with van der Waals surface area (Å²) in [5, 5.41) is 6.75. The summed E-state index contributed by atoms with van der Waals surface area (Å²) < 4.78 is 0. The smallest absolute Gasteiger partial charge is 0.248 e. The lowest BCUT2D eigenvalue weighted by atomic mass is 10.0. The van der Waals surface area contributed by atoms with E-state index < -0.39 is 0 Å². The first-order valence-electron chi connectivity index (χ1n) is 9.75. The van der Waals surface area contributed by atoms with Crippen LogP contribution in [-0.2, 0) is 4.79 Å².